The molecule has 1 rings (SSSR count). The molecule has 0 saturated carbocycles. The quantitative estimate of drug-likeness (QED) is 0.805. The van der Waals surface area contributed by atoms with E-state index in [0.29, 0.717) is 6.07 Å². The van der Waals surface area contributed by atoms with Gasteiger partial charge >= 0.3 is 12.1 Å². The minimum Gasteiger partial charge on any atom is -0.481 e. The number of hydrogen-bond acceptors (Lipinski definition) is 3. The monoisotopic (exact) mass is 237 g/mol. The average molecular weight is 237 g/mol. The molecule has 1 aromatic heterocycles. The first-order chi connectivity index (χ1) is 7.27. The van der Waals surface area contributed by atoms with E-state index in [1.54, 1.807) is 0 Å². The van der Waals surface area contributed by atoms with Crippen LogP contribution in [0.15, 0.2) is 6.07 Å². The summed E-state index contributed by atoms with van der Waals surface area (Å²) in [6.45, 7) is -0.286. The van der Waals surface area contributed by atoms with E-state index in [0.717, 1.165) is 4.68 Å². The molecule has 0 aliphatic carbocycles. The molecule has 0 aliphatic heterocycles. The standard InChI is InChI=1S/C8H10F3N3O2/c1-14-5(4(3-12)7(15)16)2-6(13-14)8(9,10)11/h2,4H,3,12H2,1H3,(H,15,16). The molecule has 0 radical (unpaired) electrons. The number of carboxylic acid groups (broad SMARTS) is 1. The Morgan fingerprint density at radius 2 is 2.25 bits per heavy atom. The number of nitrogens with zero attached hydrogens (tertiary/aromatic N) is 2. The molecular formula is C8H10F3N3O2. The number of halogens is 3. The highest BCUT2D eigenvalue weighted by Gasteiger charge is 2.36. The lowest BCUT2D eigenvalue weighted by Crippen LogP contribution is -2.23. The molecule has 0 amide bonds. The molecule has 0 aromatic carbocycles. The summed E-state index contributed by atoms with van der Waals surface area (Å²) in [4.78, 5) is 10.7. The van der Waals surface area contributed by atoms with Crippen LogP contribution < -0.4 is 5.73 Å². The smallest absolute Gasteiger partial charge is 0.435 e. The molecule has 0 saturated heterocycles. The van der Waals surface area contributed by atoms with Gasteiger partial charge in [0, 0.05) is 13.6 Å². The minimum absolute atomic E-state index is 0.0673. The number of alkyl halides is 3. The van der Waals surface area contributed by atoms with Gasteiger partial charge in [0.05, 0.1) is 5.69 Å². The van der Waals surface area contributed by atoms with Gasteiger partial charge in [0.1, 0.15) is 5.92 Å². The number of carboxylic acids is 1. The minimum atomic E-state index is -4.59. The number of rotatable bonds is 3. The Morgan fingerprint density at radius 1 is 1.69 bits per heavy atom. The normalized spacial score (nSPS) is 13.8. The van der Waals surface area contributed by atoms with E-state index in [-0.39, 0.29) is 12.2 Å². The molecule has 5 nitrogen and oxygen atoms in total. The molecule has 3 N–H and O–H groups in total. The number of nitrogens with two attached hydrogens (primary N) is 1. The first-order valence-electron chi connectivity index (χ1n) is 4.31. The number of aliphatic carboxylic acids is 1. The zero-order valence-corrected chi connectivity index (χ0v) is 8.32. The first-order valence-corrected chi connectivity index (χ1v) is 4.31. The Hall–Kier alpha value is -1.57. The van der Waals surface area contributed by atoms with Gasteiger partial charge < -0.3 is 10.8 Å². The van der Waals surface area contributed by atoms with Crippen molar-refractivity contribution < 1.29 is 23.1 Å². The summed E-state index contributed by atoms with van der Waals surface area (Å²) in [5, 5.41) is 12.0. The number of aryl methyl sites for hydroxylation is 1. The SMILES string of the molecule is Cn1nc(C(F)(F)F)cc1C(CN)C(=O)O. The fraction of sp³-hybridized carbons (Fsp3) is 0.500. The van der Waals surface area contributed by atoms with Crippen molar-refractivity contribution >= 4 is 5.97 Å². The van der Waals surface area contributed by atoms with Crippen LogP contribution in [0, 0.1) is 0 Å². The third-order valence-electron chi connectivity index (χ3n) is 2.10. The van der Waals surface area contributed by atoms with Crippen molar-refractivity contribution in [2.45, 2.75) is 12.1 Å². The second-order valence-corrected chi connectivity index (χ2v) is 3.20. The van der Waals surface area contributed by atoms with Crippen molar-refractivity contribution in [3.63, 3.8) is 0 Å². The molecule has 1 atom stereocenters. The molecule has 0 spiro atoms. The second kappa shape index (κ2) is 4.12. The lowest BCUT2D eigenvalue weighted by Gasteiger charge is -2.08. The maximum Gasteiger partial charge on any atom is 0.435 e. The number of carbonyl (C=O) groups is 1. The van der Waals surface area contributed by atoms with Crippen LogP contribution in [-0.4, -0.2) is 27.4 Å². The largest absolute Gasteiger partial charge is 0.481 e. The van der Waals surface area contributed by atoms with E-state index in [4.69, 9.17) is 10.8 Å². The highest BCUT2D eigenvalue weighted by Crippen LogP contribution is 2.30. The van der Waals surface area contributed by atoms with Crippen LogP contribution in [0.2, 0.25) is 0 Å². The first kappa shape index (κ1) is 12.5. The van der Waals surface area contributed by atoms with Crippen LogP contribution >= 0.6 is 0 Å². The van der Waals surface area contributed by atoms with Crippen LogP contribution in [0.1, 0.15) is 17.3 Å². The lowest BCUT2D eigenvalue weighted by molar-refractivity contribution is -0.141. The number of hydrogen-bond donors (Lipinski definition) is 2. The predicted molar refractivity (Wildman–Crippen MR) is 47.6 cm³/mol. The van der Waals surface area contributed by atoms with Crippen LogP contribution in [-0.2, 0) is 18.0 Å². The van der Waals surface area contributed by atoms with Gasteiger partial charge in [-0.05, 0) is 6.07 Å². The van der Waals surface area contributed by atoms with Crippen molar-refractivity contribution in [2.75, 3.05) is 6.54 Å². The Bertz CT molecular complexity index is 400. The summed E-state index contributed by atoms with van der Waals surface area (Å²) in [5.41, 5.74) is 4.00. The zero-order chi connectivity index (χ0) is 12.5. The van der Waals surface area contributed by atoms with Crippen LogP contribution in [0.4, 0.5) is 13.2 Å². The van der Waals surface area contributed by atoms with E-state index < -0.39 is 23.8 Å². The lowest BCUT2D eigenvalue weighted by atomic mass is 10.1. The van der Waals surface area contributed by atoms with Crippen molar-refractivity contribution in [2.24, 2.45) is 12.8 Å². The van der Waals surface area contributed by atoms with Gasteiger partial charge in [-0.3, -0.25) is 9.48 Å². The summed E-state index contributed by atoms with van der Waals surface area (Å²) < 4.78 is 37.8. The number of aromatic nitrogens is 2. The Balaban J connectivity index is 3.15. The van der Waals surface area contributed by atoms with E-state index >= 15 is 0 Å². The molecule has 8 heteroatoms. The summed E-state index contributed by atoms with van der Waals surface area (Å²) in [6.07, 6.45) is -4.59. The Kier molecular flexibility index (Phi) is 3.22. The fourth-order valence-corrected chi connectivity index (χ4v) is 1.29. The highest BCUT2D eigenvalue weighted by molar-refractivity contribution is 5.75. The van der Waals surface area contributed by atoms with Gasteiger partial charge in [-0.2, -0.15) is 18.3 Å². The molecule has 16 heavy (non-hydrogen) atoms. The van der Waals surface area contributed by atoms with Gasteiger partial charge in [0.2, 0.25) is 0 Å². The van der Waals surface area contributed by atoms with E-state index in [1.807, 2.05) is 0 Å². The molecule has 1 heterocycles. The van der Waals surface area contributed by atoms with Gasteiger partial charge in [-0.15, -0.1) is 0 Å². The third-order valence-corrected chi connectivity index (χ3v) is 2.10. The van der Waals surface area contributed by atoms with Crippen molar-refractivity contribution in [1.29, 1.82) is 0 Å². The second-order valence-electron chi connectivity index (χ2n) is 3.20. The van der Waals surface area contributed by atoms with Gasteiger partial charge in [-0.1, -0.05) is 0 Å². The average Bonchev–Trinajstić information content (AvgIpc) is 2.48. The molecular weight excluding hydrogens is 227 g/mol. The maximum absolute atomic E-state index is 12.3. The third kappa shape index (κ3) is 2.32. The Labute approximate surface area is 88.7 Å². The van der Waals surface area contributed by atoms with E-state index in [9.17, 15) is 18.0 Å². The predicted octanol–water partition coefficient (Wildman–Crippen LogP) is 0.566. The maximum atomic E-state index is 12.3. The van der Waals surface area contributed by atoms with Crippen LogP contribution in [0.25, 0.3) is 0 Å². The van der Waals surface area contributed by atoms with Crippen molar-refractivity contribution in [3.8, 4) is 0 Å². The summed E-state index contributed by atoms with van der Waals surface area (Å²) >= 11 is 0. The molecule has 0 bridgehead atoms. The van der Waals surface area contributed by atoms with Gasteiger partial charge in [0.25, 0.3) is 0 Å². The fourth-order valence-electron chi connectivity index (χ4n) is 1.29. The van der Waals surface area contributed by atoms with Crippen LogP contribution in [0.5, 0.6) is 0 Å². The molecule has 0 aliphatic rings. The molecule has 0 fully saturated rings. The van der Waals surface area contributed by atoms with E-state index in [1.165, 1.54) is 7.05 Å². The Morgan fingerprint density at radius 3 is 2.56 bits per heavy atom. The molecule has 90 valence electrons. The van der Waals surface area contributed by atoms with Crippen molar-refractivity contribution in [3.05, 3.63) is 17.5 Å². The zero-order valence-electron chi connectivity index (χ0n) is 8.32. The molecule has 1 unspecified atom stereocenters. The summed E-state index contributed by atoms with van der Waals surface area (Å²) in [5.74, 6) is -2.46. The summed E-state index contributed by atoms with van der Waals surface area (Å²) in [6, 6.07) is 0.700. The van der Waals surface area contributed by atoms with E-state index in [2.05, 4.69) is 5.10 Å². The molecule has 1 aromatic rings. The topological polar surface area (TPSA) is 81.1 Å². The van der Waals surface area contributed by atoms with Crippen LogP contribution in [0.3, 0.4) is 0 Å². The van der Waals surface area contributed by atoms with Crippen molar-refractivity contribution in [1.82, 2.24) is 9.78 Å². The van der Waals surface area contributed by atoms with Gasteiger partial charge in [0.15, 0.2) is 5.69 Å². The highest BCUT2D eigenvalue weighted by atomic mass is 19.4. The van der Waals surface area contributed by atoms with Gasteiger partial charge in [-0.25, -0.2) is 0 Å². The summed E-state index contributed by atoms with van der Waals surface area (Å²) in [7, 11) is 1.25.